The minimum atomic E-state index is 0. The maximum atomic E-state index is 4.47. The standard InChI is InChI=1S/C21H32N4.HI/c1-22-21(23-15-20(16-7-8-16)17-9-10-17)24-18-11-13-25(14-12-18)19-5-3-2-4-6-19;/h2-6,16-18,20H,7-15H2,1H3,(H2,22,23,24);1H. The lowest BCUT2D eigenvalue weighted by atomic mass is 9.98. The summed E-state index contributed by atoms with van der Waals surface area (Å²) in [6.45, 7) is 3.34. The summed E-state index contributed by atoms with van der Waals surface area (Å²) in [4.78, 5) is 6.96. The van der Waals surface area contributed by atoms with Crippen LogP contribution in [-0.4, -0.2) is 38.7 Å². The monoisotopic (exact) mass is 468 g/mol. The van der Waals surface area contributed by atoms with Crippen LogP contribution in [0.1, 0.15) is 38.5 Å². The Bertz CT molecular complexity index is 563. The van der Waals surface area contributed by atoms with E-state index in [-0.39, 0.29) is 24.0 Å². The first-order valence-corrected chi connectivity index (χ1v) is 10.1. The Morgan fingerprint density at radius 1 is 1.04 bits per heavy atom. The maximum absolute atomic E-state index is 4.47. The van der Waals surface area contributed by atoms with Gasteiger partial charge in [-0.05, 0) is 68.4 Å². The smallest absolute Gasteiger partial charge is 0.191 e. The number of piperidine rings is 1. The molecule has 4 nitrogen and oxygen atoms in total. The van der Waals surface area contributed by atoms with Crippen LogP contribution >= 0.6 is 24.0 Å². The molecular formula is C21H33IN4. The van der Waals surface area contributed by atoms with Crippen LogP contribution in [-0.2, 0) is 0 Å². The SMILES string of the molecule is CN=C(NCC(C1CC1)C1CC1)NC1CCN(c2ccccc2)CC1.I. The summed E-state index contributed by atoms with van der Waals surface area (Å²) in [6, 6.07) is 11.3. The molecule has 1 aliphatic heterocycles. The summed E-state index contributed by atoms with van der Waals surface area (Å²) in [7, 11) is 1.90. The van der Waals surface area contributed by atoms with Crippen LogP contribution in [0.15, 0.2) is 35.3 Å². The van der Waals surface area contributed by atoms with Gasteiger partial charge in [0.25, 0.3) is 0 Å². The molecule has 1 aromatic rings. The van der Waals surface area contributed by atoms with Gasteiger partial charge in [-0.15, -0.1) is 24.0 Å². The van der Waals surface area contributed by atoms with Crippen LogP contribution < -0.4 is 15.5 Å². The molecule has 0 spiro atoms. The van der Waals surface area contributed by atoms with E-state index in [1.807, 2.05) is 7.05 Å². The molecule has 1 aromatic carbocycles. The van der Waals surface area contributed by atoms with E-state index in [0.717, 1.165) is 43.3 Å². The van der Waals surface area contributed by atoms with E-state index in [1.54, 1.807) is 0 Å². The van der Waals surface area contributed by atoms with E-state index in [4.69, 9.17) is 0 Å². The van der Waals surface area contributed by atoms with Gasteiger partial charge in [0.2, 0.25) is 0 Å². The maximum Gasteiger partial charge on any atom is 0.191 e. The number of nitrogens with zero attached hydrogens (tertiary/aromatic N) is 2. The number of hydrogen-bond donors (Lipinski definition) is 2. The molecule has 2 aliphatic carbocycles. The molecule has 2 saturated carbocycles. The Morgan fingerprint density at radius 2 is 1.65 bits per heavy atom. The van der Waals surface area contributed by atoms with E-state index in [1.165, 1.54) is 44.2 Å². The third-order valence-corrected chi connectivity index (χ3v) is 6.14. The van der Waals surface area contributed by atoms with Crippen molar-refractivity contribution in [3.8, 4) is 0 Å². The van der Waals surface area contributed by atoms with Crippen LogP contribution in [0.4, 0.5) is 5.69 Å². The van der Waals surface area contributed by atoms with Crippen molar-refractivity contribution in [2.75, 3.05) is 31.6 Å². The zero-order chi connectivity index (χ0) is 17.1. The molecule has 0 unspecified atom stereocenters. The normalized spacial score (nSPS) is 21.5. The van der Waals surface area contributed by atoms with E-state index in [0.29, 0.717) is 6.04 Å². The van der Waals surface area contributed by atoms with Crippen LogP contribution in [0.5, 0.6) is 0 Å². The van der Waals surface area contributed by atoms with Crippen molar-refractivity contribution < 1.29 is 0 Å². The minimum absolute atomic E-state index is 0. The molecule has 3 fully saturated rings. The predicted molar refractivity (Wildman–Crippen MR) is 121 cm³/mol. The van der Waals surface area contributed by atoms with Crippen molar-refractivity contribution in [2.24, 2.45) is 22.7 Å². The highest BCUT2D eigenvalue weighted by atomic mass is 127. The molecule has 26 heavy (non-hydrogen) atoms. The van der Waals surface area contributed by atoms with Crippen molar-refractivity contribution in [1.29, 1.82) is 0 Å². The first-order valence-electron chi connectivity index (χ1n) is 10.1. The lowest BCUT2D eigenvalue weighted by Gasteiger charge is -2.34. The van der Waals surface area contributed by atoms with E-state index in [9.17, 15) is 0 Å². The zero-order valence-electron chi connectivity index (χ0n) is 15.9. The van der Waals surface area contributed by atoms with Gasteiger partial charge < -0.3 is 15.5 Å². The summed E-state index contributed by atoms with van der Waals surface area (Å²) in [5.74, 6) is 3.88. The third kappa shape index (κ3) is 5.27. The minimum Gasteiger partial charge on any atom is -0.371 e. The molecule has 144 valence electrons. The van der Waals surface area contributed by atoms with Crippen molar-refractivity contribution >= 4 is 35.6 Å². The quantitative estimate of drug-likeness (QED) is 0.378. The lowest BCUT2D eigenvalue weighted by Crippen LogP contribution is -2.49. The summed E-state index contributed by atoms with van der Waals surface area (Å²) < 4.78 is 0. The van der Waals surface area contributed by atoms with E-state index in [2.05, 4.69) is 50.9 Å². The van der Waals surface area contributed by atoms with Crippen LogP contribution in [0.3, 0.4) is 0 Å². The summed E-state index contributed by atoms with van der Waals surface area (Å²) >= 11 is 0. The van der Waals surface area contributed by atoms with Gasteiger partial charge in [-0.25, -0.2) is 0 Å². The number of rotatable bonds is 6. The van der Waals surface area contributed by atoms with Crippen molar-refractivity contribution in [2.45, 2.75) is 44.6 Å². The fourth-order valence-corrected chi connectivity index (χ4v) is 4.29. The second kappa shape index (κ2) is 9.29. The second-order valence-corrected chi connectivity index (χ2v) is 8.03. The number of nitrogens with one attached hydrogen (secondary N) is 2. The van der Waals surface area contributed by atoms with Gasteiger partial charge >= 0.3 is 0 Å². The Morgan fingerprint density at radius 3 is 2.19 bits per heavy atom. The van der Waals surface area contributed by atoms with Crippen molar-refractivity contribution in [1.82, 2.24) is 10.6 Å². The number of guanidine groups is 1. The highest BCUT2D eigenvalue weighted by molar-refractivity contribution is 14.0. The number of para-hydroxylation sites is 1. The Labute approximate surface area is 175 Å². The van der Waals surface area contributed by atoms with Gasteiger partial charge in [0.1, 0.15) is 0 Å². The number of anilines is 1. The molecular weight excluding hydrogens is 435 g/mol. The largest absolute Gasteiger partial charge is 0.371 e. The second-order valence-electron chi connectivity index (χ2n) is 8.03. The van der Waals surface area contributed by atoms with Gasteiger partial charge in [0.15, 0.2) is 5.96 Å². The number of aliphatic imine (C=N–C) groups is 1. The van der Waals surface area contributed by atoms with E-state index >= 15 is 0 Å². The first-order chi connectivity index (χ1) is 12.3. The third-order valence-electron chi connectivity index (χ3n) is 6.14. The molecule has 0 radical (unpaired) electrons. The lowest BCUT2D eigenvalue weighted by molar-refractivity contribution is 0.396. The molecule has 3 aliphatic rings. The molecule has 0 amide bonds. The first kappa shape index (κ1) is 19.8. The van der Waals surface area contributed by atoms with E-state index < -0.39 is 0 Å². The molecule has 0 atom stereocenters. The molecule has 5 heteroatoms. The zero-order valence-corrected chi connectivity index (χ0v) is 18.2. The molecule has 1 saturated heterocycles. The number of halogens is 1. The number of benzene rings is 1. The average molecular weight is 468 g/mol. The molecule has 1 heterocycles. The summed E-state index contributed by atoms with van der Waals surface area (Å²) in [5, 5.41) is 7.29. The fraction of sp³-hybridized carbons (Fsp3) is 0.667. The van der Waals surface area contributed by atoms with Crippen molar-refractivity contribution in [3.63, 3.8) is 0 Å². The molecule has 4 rings (SSSR count). The molecule has 0 aromatic heterocycles. The van der Waals surface area contributed by atoms with Gasteiger partial charge in [0, 0.05) is 38.4 Å². The average Bonchev–Trinajstić information content (AvgIpc) is 3.56. The van der Waals surface area contributed by atoms with Crippen LogP contribution in [0.25, 0.3) is 0 Å². The van der Waals surface area contributed by atoms with Crippen LogP contribution in [0.2, 0.25) is 0 Å². The Balaban J connectivity index is 0.00000196. The molecule has 0 bridgehead atoms. The number of hydrogen-bond acceptors (Lipinski definition) is 2. The topological polar surface area (TPSA) is 39.7 Å². The fourth-order valence-electron chi connectivity index (χ4n) is 4.29. The van der Waals surface area contributed by atoms with Crippen LogP contribution in [0, 0.1) is 17.8 Å². The summed E-state index contributed by atoms with van der Waals surface area (Å²) in [5.41, 5.74) is 1.35. The summed E-state index contributed by atoms with van der Waals surface area (Å²) in [6.07, 6.45) is 8.15. The molecule has 2 N–H and O–H groups in total. The van der Waals surface area contributed by atoms with Gasteiger partial charge in [-0.1, -0.05) is 18.2 Å². The van der Waals surface area contributed by atoms with Gasteiger partial charge in [-0.2, -0.15) is 0 Å². The Hall–Kier alpha value is -0.980. The van der Waals surface area contributed by atoms with Crippen molar-refractivity contribution in [3.05, 3.63) is 30.3 Å². The highest BCUT2D eigenvalue weighted by Gasteiger charge is 2.41. The van der Waals surface area contributed by atoms with Gasteiger partial charge in [0.05, 0.1) is 0 Å². The highest BCUT2D eigenvalue weighted by Crippen LogP contribution is 2.48. The predicted octanol–water partition coefficient (Wildman–Crippen LogP) is 3.87. The Kier molecular flexibility index (Phi) is 7.06. The van der Waals surface area contributed by atoms with Gasteiger partial charge in [-0.3, -0.25) is 4.99 Å².